The smallest absolute Gasteiger partial charge is 0.307 e. The second-order valence-corrected chi connectivity index (χ2v) is 4.46. The Balaban J connectivity index is 2.12. The zero-order chi connectivity index (χ0) is 11.8. The molecule has 4 heteroatoms. The standard InChI is InChI=1S/C13H14N2O2/c16-13(17)7-9-15-11-5-2-1-4-10(11)14-8-3-6-12(14)15/h1-2,4-5H,3,6-9H2/p+1. The quantitative estimate of drug-likeness (QED) is 0.810. The highest BCUT2D eigenvalue weighted by Gasteiger charge is 2.28. The molecule has 0 radical (unpaired) electrons. The van der Waals surface area contributed by atoms with Gasteiger partial charge < -0.3 is 5.11 Å². The van der Waals surface area contributed by atoms with E-state index in [1.54, 1.807) is 0 Å². The topological polar surface area (TPSA) is 46.1 Å². The molecular weight excluding hydrogens is 216 g/mol. The molecule has 0 saturated carbocycles. The number of rotatable bonds is 3. The number of benzene rings is 1. The summed E-state index contributed by atoms with van der Waals surface area (Å²) in [5.74, 6) is 0.534. The molecule has 2 aromatic rings. The summed E-state index contributed by atoms with van der Waals surface area (Å²) in [6.07, 6.45) is 2.40. The largest absolute Gasteiger partial charge is 0.481 e. The van der Waals surface area contributed by atoms with E-state index in [-0.39, 0.29) is 6.42 Å². The summed E-state index contributed by atoms with van der Waals surface area (Å²) in [5.41, 5.74) is 2.38. The fraction of sp³-hybridized carbons (Fsp3) is 0.385. The second-order valence-electron chi connectivity index (χ2n) is 4.46. The SMILES string of the molecule is O=C(O)CCn1c2[n+](c3ccccc31)CCC2. The Morgan fingerprint density at radius 3 is 3.06 bits per heavy atom. The Bertz CT molecular complexity index is 586. The molecule has 1 aliphatic heterocycles. The van der Waals surface area contributed by atoms with E-state index in [2.05, 4.69) is 21.3 Å². The molecule has 3 rings (SSSR count). The Hall–Kier alpha value is -1.84. The fourth-order valence-corrected chi connectivity index (χ4v) is 2.72. The molecule has 1 N–H and O–H groups in total. The number of para-hydroxylation sites is 2. The summed E-state index contributed by atoms with van der Waals surface area (Å²) >= 11 is 0. The summed E-state index contributed by atoms with van der Waals surface area (Å²) in [6.45, 7) is 1.62. The first kappa shape index (κ1) is 10.3. The van der Waals surface area contributed by atoms with Gasteiger partial charge in [0, 0.05) is 0 Å². The van der Waals surface area contributed by atoms with Crippen molar-refractivity contribution < 1.29 is 14.5 Å². The van der Waals surface area contributed by atoms with Gasteiger partial charge in [0.15, 0.2) is 11.0 Å². The Morgan fingerprint density at radius 2 is 2.24 bits per heavy atom. The molecule has 0 saturated heterocycles. The van der Waals surface area contributed by atoms with Gasteiger partial charge in [-0.15, -0.1) is 0 Å². The number of fused-ring (bicyclic) bond motifs is 3. The van der Waals surface area contributed by atoms with Crippen molar-refractivity contribution in [1.82, 2.24) is 4.57 Å². The van der Waals surface area contributed by atoms with Crippen LogP contribution in [0, 0.1) is 0 Å². The number of hydrogen-bond acceptors (Lipinski definition) is 1. The van der Waals surface area contributed by atoms with Crippen molar-refractivity contribution >= 4 is 17.0 Å². The maximum absolute atomic E-state index is 10.7. The zero-order valence-corrected chi connectivity index (χ0v) is 9.59. The Morgan fingerprint density at radius 1 is 1.41 bits per heavy atom. The molecule has 0 atom stereocenters. The molecule has 0 bridgehead atoms. The lowest BCUT2D eigenvalue weighted by atomic mass is 10.3. The molecule has 0 fully saturated rings. The van der Waals surface area contributed by atoms with Gasteiger partial charge in [-0.2, -0.15) is 0 Å². The molecule has 1 aliphatic rings. The molecule has 2 heterocycles. The minimum absolute atomic E-state index is 0.186. The highest BCUT2D eigenvalue weighted by Crippen LogP contribution is 2.19. The predicted octanol–water partition coefficient (Wildman–Crippen LogP) is 1.35. The van der Waals surface area contributed by atoms with Crippen LogP contribution in [-0.4, -0.2) is 15.6 Å². The van der Waals surface area contributed by atoms with Crippen molar-refractivity contribution in [3.63, 3.8) is 0 Å². The molecule has 0 spiro atoms. The number of aliphatic carboxylic acids is 1. The number of carboxylic acid groups (broad SMARTS) is 1. The van der Waals surface area contributed by atoms with Crippen LogP contribution in [0.15, 0.2) is 24.3 Å². The van der Waals surface area contributed by atoms with Crippen LogP contribution in [0.25, 0.3) is 11.0 Å². The fourth-order valence-electron chi connectivity index (χ4n) is 2.72. The first-order valence-corrected chi connectivity index (χ1v) is 5.99. The van der Waals surface area contributed by atoms with E-state index in [4.69, 9.17) is 5.11 Å². The third-order valence-electron chi connectivity index (χ3n) is 3.42. The van der Waals surface area contributed by atoms with Crippen LogP contribution >= 0.6 is 0 Å². The van der Waals surface area contributed by atoms with E-state index in [9.17, 15) is 4.79 Å². The first-order chi connectivity index (χ1) is 8.27. The molecular formula is C13H15N2O2+. The van der Waals surface area contributed by atoms with Crippen LogP contribution in [0.5, 0.6) is 0 Å². The molecule has 0 amide bonds. The summed E-state index contributed by atoms with van der Waals surface area (Å²) < 4.78 is 4.48. The molecule has 1 aromatic heterocycles. The van der Waals surface area contributed by atoms with Crippen LogP contribution in [-0.2, 0) is 24.3 Å². The number of nitrogens with zero attached hydrogens (tertiary/aromatic N) is 2. The number of imidazole rings is 1. The number of hydrogen-bond donors (Lipinski definition) is 1. The lowest BCUT2D eigenvalue weighted by Crippen LogP contribution is -2.32. The molecule has 88 valence electrons. The van der Waals surface area contributed by atoms with Crippen molar-refractivity contribution in [2.75, 3.05) is 0 Å². The van der Waals surface area contributed by atoms with Crippen molar-refractivity contribution in [2.24, 2.45) is 0 Å². The van der Waals surface area contributed by atoms with Gasteiger partial charge in [0.2, 0.25) is 0 Å². The number of carbonyl (C=O) groups is 1. The van der Waals surface area contributed by atoms with E-state index in [1.165, 1.54) is 11.3 Å². The van der Waals surface area contributed by atoms with E-state index >= 15 is 0 Å². The van der Waals surface area contributed by atoms with Crippen LogP contribution in [0.1, 0.15) is 18.7 Å². The van der Waals surface area contributed by atoms with Crippen molar-refractivity contribution in [2.45, 2.75) is 32.4 Å². The van der Waals surface area contributed by atoms with Crippen LogP contribution in [0.2, 0.25) is 0 Å². The van der Waals surface area contributed by atoms with Gasteiger partial charge >= 0.3 is 5.97 Å². The summed E-state index contributed by atoms with van der Waals surface area (Å²) in [5, 5.41) is 8.81. The maximum Gasteiger partial charge on any atom is 0.307 e. The minimum Gasteiger partial charge on any atom is -0.481 e. The van der Waals surface area contributed by atoms with Crippen molar-refractivity contribution in [3.8, 4) is 0 Å². The lowest BCUT2D eigenvalue weighted by Gasteiger charge is -1.97. The van der Waals surface area contributed by atoms with Crippen molar-refractivity contribution in [3.05, 3.63) is 30.1 Å². The van der Waals surface area contributed by atoms with Gasteiger partial charge in [-0.25, -0.2) is 9.13 Å². The van der Waals surface area contributed by atoms with Crippen LogP contribution < -0.4 is 4.57 Å². The monoisotopic (exact) mass is 231 g/mol. The number of aryl methyl sites for hydroxylation is 2. The predicted molar refractivity (Wildman–Crippen MR) is 62.7 cm³/mol. The Labute approximate surface area is 99.1 Å². The van der Waals surface area contributed by atoms with Crippen molar-refractivity contribution in [1.29, 1.82) is 0 Å². The van der Waals surface area contributed by atoms with Gasteiger partial charge in [-0.1, -0.05) is 12.1 Å². The second kappa shape index (κ2) is 3.87. The van der Waals surface area contributed by atoms with Gasteiger partial charge in [-0.05, 0) is 18.6 Å². The normalized spacial score (nSPS) is 14.1. The highest BCUT2D eigenvalue weighted by atomic mass is 16.4. The van der Waals surface area contributed by atoms with Crippen LogP contribution in [0.4, 0.5) is 0 Å². The summed E-state index contributed by atoms with van der Waals surface area (Å²) in [7, 11) is 0. The molecule has 4 nitrogen and oxygen atoms in total. The summed E-state index contributed by atoms with van der Waals surface area (Å²) in [6, 6.07) is 8.23. The zero-order valence-electron chi connectivity index (χ0n) is 9.59. The van der Waals surface area contributed by atoms with E-state index < -0.39 is 5.97 Å². The molecule has 0 unspecified atom stereocenters. The third-order valence-corrected chi connectivity index (χ3v) is 3.42. The van der Waals surface area contributed by atoms with E-state index in [1.807, 2.05) is 12.1 Å². The third kappa shape index (κ3) is 1.60. The molecule has 0 aliphatic carbocycles. The molecule has 1 aromatic carbocycles. The van der Waals surface area contributed by atoms with Gasteiger partial charge in [0.05, 0.1) is 19.4 Å². The lowest BCUT2D eigenvalue weighted by molar-refractivity contribution is -0.665. The first-order valence-electron chi connectivity index (χ1n) is 5.99. The maximum atomic E-state index is 10.7. The molecule has 17 heavy (non-hydrogen) atoms. The average Bonchev–Trinajstić information content (AvgIpc) is 2.87. The van der Waals surface area contributed by atoms with Gasteiger partial charge in [-0.3, -0.25) is 4.79 Å². The number of aromatic nitrogens is 2. The number of carboxylic acids is 1. The van der Waals surface area contributed by atoms with E-state index in [0.717, 1.165) is 24.9 Å². The average molecular weight is 231 g/mol. The van der Waals surface area contributed by atoms with Crippen LogP contribution in [0.3, 0.4) is 0 Å². The highest BCUT2D eigenvalue weighted by molar-refractivity contribution is 5.73. The van der Waals surface area contributed by atoms with E-state index in [0.29, 0.717) is 6.54 Å². The summed E-state index contributed by atoms with van der Waals surface area (Å²) in [4.78, 5) is 10.7. The van der Waals surface area contributed by atoms with Gasteiger partial charge in [0.1, 0.15) is 6.54 Å². The van der Waals surface area contributed by atoms with Gasteiger partial charge in [0.25, 0.3) is 5.82 Å². The Kier molecular flexibility index (Phi) is 2.35. The minimum atomic E-state index is -0.737.